The highest BCUT2D eigenvalue weighted by Crippen LogP contribution is 2.26. The average Bonchev–Trinajstić information content (AvgIpc) is 2.75. The zero-order valence-electron chi connectivity index (χ0n) is 11.4. The number of rotatable bonds is 3. The first-order valence-corrected chi connectivity index (χ1v) is 7.07. The van der Waals surface area contributed by atoms with E-state index in [1.165, 1.54) is 18.2 Å². The second kappa shape index (κ2) is 5.77. The van der Waals surface area contributed by atoms with E-state index in [-0.39, 0.29) is 18.2 Å². The minimum atomic E-state index is -0.704. The lowest BCUT2D eigenvalue weighted by molar-refractivity contribution is -0.121. The number of imide groups is 1. The molecule has 0 saturated carbocycles. The molecule has 1 saturated heterocycles. The predicted octanol–water partition coefficient (Wildman–Crippen LogP) is 3.22. The van der Waals surface area contributed by atoms with Crippen LogP contribution >= 0.6 is 11.6 Å². The van der Waals surface area contributed by atoms with Crippen LogP contribution in [0.3, 0.4) is 0 Å². The van der Waals surface area contributed by atoms with Crippen molar-refractivity contribution in [1.82, 2.24) is 0 Å². The number of nitrogens with zero attached hydrogens (tertiary/aromatic N) is 1. The molecule has 1 atom stereocenters. The Morgan fingerprint density at radius 3 is 2.55 bits per heavy atom. The van der Waals surface area contributed by atoms with Crippen molar-refractivity contribution in [3.05, 3.63) is 59.4 Å². The number of amides is 2. The smallest absolute Gasteiger partial charge is 0.256 e. The number of benzene rings is 2. The molecule has 3 rings (SSSR count). The highest BCUT2D eigenvalue weighted by molar-refractivity contribution is 6.30. The Labute approximate surface area is 131 Å². The SMILES string of the molecule is O=C1C[C@@H](Nc2cccc(F)c2)C(=O)N1c1ccc(Cl)cc1. The van der Waals surface area contributed by atoms with E-state index in [4.69, 9.17) is 11.6 Å². The number of anilines is 2. The van der Waals surface area contributed by atoms with Gasteiger partial charge in [-0.25, -0.2) is 9.29 Å². The molecule has 0 aliphatic carbocycles. The molecule has 4 nitrogen and oxygen atoms in total. The summed E-state index contributed by atoms with van der Waals surface area (Å²) in [4.78, 5) is 25.6. The number of hydrogen-bond acceptors (Lipinski definition) is 3. The maximum Gasteiger partial charge on any atom is 0.256 e. The molecule has 2 amide bonds. The second-order valence-electron chi connectivity index (χ2n) is 4.96. The summed E-state index contributed by atoms with van der Waals surface area (Å²) in [5, 5.41) is 3.42. The Kier molecular flexibility index (Phi) is 3.81. The normalized spacial score (nSPS) is 17.9. The van der Waals surface area contributed by atoms with Gasteiger partial charge in [-0.15, -0.1) is 0 Å². The van der Waals surface area contributed by atoms with Crippen LogP contribution < -0.4 is 10.2 Å². The van der Waals surface area contributed by atoms with E-state index in [9.17, 15) is 14.0 Å². The number of carbonyl (C=O) groups excluding carboxylic acids is 2. The summed E-state index contributed by atoms with van der Waals surface area (Å²) in [7, 11) is 0. The summed E-state index contributed by atoms with van der Waals surface area (Å²) in [6, 6.07) is 11.5. The highest BCUT2D eigenvalue weighted by Gasteiger charge is 2.39. The van der Waals surface area contributed by atoms with E-state index < -0.39 is 11.9 Å². The van der Waals surface area contributed by atoms with Crippen LogP contribution in [0.15, 0.2) is 48.5 Å². The highest BCUT2D eigenvalue weighted by atomic mass is 35.5. The van der Waals surface area contributed by atoms with Gasteiger partial charge in [0.1, 0.15) is 11.9 Å². The first-order valence-electron chi connectivity index (χ1n) is 6.69. The van der Waals surface area contributed by atoms with Crippen LogP contribution in [-0.4, -0.2) is 17.9 Å². The predicted molar refractivity (Wildman–Crippen MR) is 82.4 cm³/mol. The molecular weight excluding hydrogens is 307 g/mol. The third-order valence-corrected chi connectivity index (χ3v) is 3.65. The van der Waals surface area contributed by atoms with Crippen molar-refractivity contribution in [2.24, 2.45) is 0 Å². The fraction of sp³-hybridized carbons (Fsp3) is 0.125. The van der Waals surface area contributed by atoms with Crippen LogP contribution in [-0.2, 0) is 9.59 Å². The Morgan fingerprint density at radius 1 is 1.14 bits per heavy atom. The molecule has 0 bridgehead atoms. The van der Waals surface area contributed by atoms with Crippen molar-refractivity contribution in [3.63, 3.8) is 0 Å². The first-order chi connectivity index (χ1) is 10.5. The molecule has 1 heterocycles. The van der Waals surface area contributed by atoms with E-state index in [1.807, 2.05) is 0 Å². The zero-order chi connectivity index (χ0) is 15.7. The molecule has 1 aliphatic rings. The van der Waals surface area contributed by atoms with Crippen LogP contribution in [0.1, 0.15) is 6.42 Å². The lowest BCUT2D eigenvalue weighted by Crippen LogP contribution is -2.34. The van der Waals surface area contributed by atoms with E-state index in [0.717, 1.165) is 4.90 Å². The summed E-state index contributed by atoms with van der Waals surface area (Å²) in [5.41, 5.74) is 0.937. The van der Waals surface area contributed by atoms with Crippen molar-refractivity contribution >= 4 is 34.8 Å². The Balaban J connectivity index is 1.81. The fourth-order valence-electron chi connectivity index (χ4n) is 2.39. The van der Waals surface area contributed by atoms with Gasteiger partial charge in [-0.2, -0.15) is 0 Å². The van der Waals surface area contributed by atoms with Crippen LogP contribution in [0.5, 0.6) is 0 Å². The third kappa shape index (κ3) is 2.80. The number of nitrogens with one attached hydrogen (secondary N) is 1. The van der Waals surface area contributed by atoms with E-state index in [1.54, 1.807) is 30.3 Å². The zero-order valence-corrected chi connectivity index (χ0v) is 12.2. The van der Waals surface area contributed by atoms with Crippen LogP contribution in [0.25, 0.3) is 0 Å². The molecule has 22 heavy (non-hydrogen) atoms. The van der Waals surface area contributed by atoms with E-state index in [0.29, 0.717) is 16.4 Å². The molecule has 1 N–H and O–H groups in total. The number of carbonyl (C=O) groups is 2. The average molecular weight is 319 g/mol. The second-order valence-corrected chi connectivity index (χ2v) is 5.39. The molecule has 112 valence electrons. The van der Waals surface area contributed by atoms with Gasteiger partial charge in [-0.1, -0.05) is 17.7 Å². The van der Waals surface area contributed by atoms with Gasteiger partial charge in [-0.3, -0.25) is 9.59 Å². The minimum Gasteiger partial charge on any atom is -0.373 e. The van der Waals surface area contributed by atoms with Gasteiger partial charge >= 0.3 is 0 Å². The molecule has 2 aromatic rings. The molecular formula is C16H12ClFN2O2. The van der Waals surface area contributed by atoms with E-state index >= 15 is 0 Å². The quantitative estimate of drug-likeness (QED) is 0.884. The minimum absolute atomic E-state index is 0.0258. The topological polar surface area (TPSA) is 49.4 Å². The van der Waals surface area contributed by atoms with E-state index in [2.05, 4.69) is 5.32 Å². The van der Waals surface area contributed by atoms with Gasteiger partial charge in [0, 0.05) is 10.7 Å². The monoisotopic (exact) mass is 318 g/mol. The first kappa shape index (κ1) is 14.5. The molecule has 1 aliphatic heterocycles. The van der Waals surface area contributed by atoms with Gasteiger partial charge in [0.05, 0.1) is 12.1 Å². The Bertz CT molecular complexity index is 733. The van der Waals surface area contributed by atoms with Gasteiger partial charge in [0.15, 0.2) is 0 Å². The van der Waals surface area contributed by atoms with Crippen LogP contribution in [0.2, 0.25) is 5.02 Å². The van der Waals surface area contributed by atoms with Crippen molar-refractivity contribution < 1.29 is 14.0 Å². The molecule has 0 aromatic heterocycles. The van der Waals surface area contributed by atoms with Crippen LogP contribution in [0, 0.1) is 5.82 Å². The lowest BCUT2D eigenvalue weighted by atomic mass is 10.2. The summed E-state index contributed by atoms with van der Waals surface area (Å²) in [5.74, 6) is -1.07. The van der Waals surface area contributed by atoms with Gasteiger partial charge < -0.3 is 5.32 Å². The van der Waals surface area contributed by atoms with Gasteiger partial charge in [0.25, 0.3) is 5.91 Å². The number of halogens is 2. The lowest BCUT2D eigenvalue weighted by Gasteiger charge is -2.16. The Hall–Kier alpha value is -2.40. The summed E-state index contributed by atoms with van der Waals surface area (Å²) < 4.78 is 13.2. The maximum atomic E-state index is 13.2. The summed E-state index contributed by atoms with van der Waals surface area (Å²) in [6.07, 6.45) is 0.0258. The molecule has 0 unspecified atom stereocenters. The van der Waals surface area contributed by atoms with Crippen molar-refractivity contribution in [1.29, 1.82) is 0 Å². The van der Waals surface area contributed by atoms with Crippen molar-refractivity contribution in [3.8, 4) is 0 Å². The largest absolute Gasteiger partial charge is 0.373 e. The maximum absolute atomic E-state index is 13.2. The third-order valence-electron chi connectivity index (χ3n) is 3.40. The van der Waals surface area contributed by atoms with Crippen molar-refractivity contribution in [2.45, 2.75) is 12.5 Å². The number of hydrogen-bond donors (Lipinski definition) is 1. The van der Waals surface area contributed by atoms with Crippen molar-refractivity contribution in [2.75, 3.05) is 10.2 Å². The van der Waals surface area contributed by atoms with Gasteiger partial charge in [0.2, 0.25) is 5.91 Å². The molecule has 1 fully saturated rings. The van der Waals surface area contributed by atoms with Crippen LogP contribution in [0.4, 0.5) is 15.8 Å². The van der Waals surface area contributed by atoms with Gasteiger partial charge in [-0.05, 0) is 42.5 Å². The standard InChI is InChI=1S/C16H12ClFN2O2/c17-10-4-6-13(7-5-10)20-15(21)9-14(16(20)22)19-12-3-1-2-11(18)8-12/h1-8,14,19H,9H2/t14-/m1/s1. The molecule has 6 heteroatoms. The summed E-state index contributed by atoms with van der Waals surface area (Å²) in [6.45, 7) is 0. The molecule has 0 spiro atoms. The fourth-order valence-corrected chi connectivity index (χ4v) is 2.51. The molecule has 0 radical (unpaired) electrons. The Morgan fingerprint density at radius 2 is 1.86 bits per heavy atom. The summed E-state index contributed by atoms with van der Waals surface area (Å²) >= 11 is 5.81. The molecule has 2 aromatic carbocycles.